The van der Waals surface area contributed by atoms with Crippen LogP contribution in [-0.4, -0.2) is 5.11 Å². The van der Waals surface area contributed by atoms with Gasteiger partial charge in [-0.15, -0.1) is 12.4 Å². The number of halogens is 2. The van der Waals surface area contributed by atoms with E-state index in [9.17, 15) is 9.50 Å². The second-order valence-electron chi connectivity index (χ2n) is 3.92. The van der Waals surface area contributed by atoms with Crippen molar-refractivity contribution < 1.29 is 9.50 Å². The second kappa shape index (κ2) is 4.81. The quantitative estimate of drug-likeness (QED) is 0.822. The van der Waals surface area contributed by atoms with Crippen LogP contribution in [0.4, 0.5) is 4.39 Å². The molecule has 0 bridgehead atoms. The Labute approximate surface area is 94.7 Å². The number of nitrogens with two attached hydrogens (primary N) is 1. The molecule has 0 aliphatic heterocycles. The third-order valence-corrected chi connectivity index (χ3v) is 3.01. The van der Waals surface area contributed by atoms with Gasteiger partial charge < -0.3 is 10.8 Å². The van der Waals surface area contributed by atoms with Gasteiger partial charge in [0.25, 0.3) is 0 Å². The average Bonchev–Trinajstić information content (AvgIpc) is 2.06. The third-order valence-electron chi connectivity index (χ3n) is 3.01. The first-order chi connectivity index (χ1) is 6.68. The van der Waals surface area contributed by atoms with Crippen LogP contribution in [0.5, 0.6) is 5.75 Å². The van der Waals surface area contributed by atoms with Crippen molar-refractivity contribution in [3.63, 3.8) is 0 Å². The molecule has 0 saturated heterocycles. The van der Waals surface area contributed by atoms with E-state index in [0.717, 1.165) is 12.8 Å². The third kappa shape index (κ3) is 2.41. The van der Waals surface area contributed by atoms with Gasteiger partial charge in [-0.1, -0.05) is 6.42 Å². The fourth-order valence-electron chi connectivity index (χ4n) is 1.85. The maximum Gasteiger partial charge on any atom is 0.123 e. The highest BCUT2D eigenvalue weighted by Gasteiger charge is 2.27. The molecule has 84 valence electrons. The highest BCUT2D eigenvalue weighted by Crippen LogP contribution is 2.38. The molecule has 4 heteroatoms. The molecule has 1 fully saturated rings. The lowest BCUT2D eigenvalue weighted by atomic mass is 9.77. The van der Waals surface area contributed by atoms with Gasteiger partial charge in [0, 0.05) is 11.6 Å². The Bertz CT molecular complexity index is 341. The van der Waals surface area contributed by atoms with Crippen molar-refractivity contribution in [3.8, 4) is 5.75 Å². The Balaban J connectivity index is 0.00000112. The van der Waals surface area contributed by atoms with Crippen molar-refractivity contribution in [2.45, 2.75) is 25.3 Å². The van der Waals surface area contributed by atoms with Crippen LogP contribution in [0, 0.1) is 11.7 Å². The zero-order valence-electron chi connectivity index (χ0n) is 8.32. The molecule has 0 heterocycles. The summed E-state index contributed by atoms with van der Waals surface area (Å²) in [5.74, 6) is 0.168. The van der Waals surface area contributed by atoms with Crippen molar-refractivity contribution in [3.05, 3.63) is 29.6 Å². The van der Waals surface area contributed by atoms with E-state index in [2.05, 4.69) is 0 Å². The lowest BCUT2D eigenvalue weighted by Crippen LogP contribution is -2.26. The van der Waals surface area contributed by atoms with Gasteiger partial charge in [0.05, 0.1) is 0 Å². The summed E-state index contributed by atoms with van der Waals surface area (Å²) in [6.45, 7) is 0. The molecule has 1 aromatic rings. The van der Waals surface area contributed by atoms with E-state index < -0.39 is 0 Å². The maximum atomic E-state index is 12.9. The number of phenolic OH excluding ortho intramolecular Hbond substituents is 1. The fraction of sp³-hybridized carbons (Fsp3) is 0.455. The van der Waals surface area contributed by atoms with Crippen molar-refractivity contribution in [1.29, 1.82) is 0 Å². The smallest absolute Gasteiger partial charge is 0.123 e. The summed E-state index contributed by atoms with van der Waals surface area (Å²) >= 11 is 0. The molecule has 3 N–H and O–H groups in total. The van der Waals surface area contributed by atoms with Crippen LogP contribution in [0.1, 0.15) is 30.9 Å². The number of phenols is 1. The van der Waals surface area contributed by atoms with Gasteiger partial charge in [-0.3, -0.25) is 0 Å². The minimum absolute atomic E-state index is 0. The maximum absolute atomic E-state index is 12.9. The summed E-state index contributed by atoms with van der Waals surface area (Å²) in [4.78, 5) is 0. The van der Waals surface area contributed by atoms with Crippen LogP contribution in [0.15, 0.2) is 18.2 Å². The number of benzene rings is 1. The Morgan fingerprint density at radius 3 is 2.60 bits per heavy atom. The highest BCUT2D eigenvalue weighted by atomic mass is 35.5. The van der Waals surface area contributed by atoms with Crippen LogP contribution < -0.4 is 5.73 Å². The van der Waals surface area contributed by atoms with Gasteiger partial charge in [0.1, 0.15) is 11.6 Å². The van der Waals surface area contributed by atoms with Crippen LogP contribution in [0.25, 0.3) is 0 Å². The molecular formula is C11H15ClFNO. The standard InChI is InChI=1S/C11H14FNO.ClH/c12-8-4-5-10(14)9(6-8)11(13)7-2-1-3-7;/h4-7,11,14H,1-3,13H2;1H/t11-;/m0./s1. The fourth-order valence-corrected chi connectivity index (χ4v) is 1.85. The van der Waals surface area contributed by atoms with E-state index in [4.69, 9.17) is 5.73 Å². The van der Waals surface area contributed by atoms with Gasteiger partial charge in [-0.05, 0) is 37.0 Å². The van der Waals surface area contributed by atoms with Crippen LogP contribution in [0.2, 0.25) is 0 Å². The predicted molar refractivity (Wildman–Crippen MR) is 59.6 cm³/mol. The van der Waals surface area contributed by atoms with Gasteiger partial charge in [-0.25, -0.2) is 4.39 Å². The van der Waals surface area contributed by atoms with Crippen molar-refractivity contribution in [1.82, 2.24) is 0 Å². The molecule has 1 saturated carbocycles. The van der Waals surface area contributed by atoms with Crippen molar-refractivity contribution in [2.75, 3.05) is 0 Å². The molecule has 2 rings (SSSR count). The largest absolute Gasteiger partial charge is 0.508 e. The molecular weight excluding hydrogens is 217 g/mol. The average molecular weight is 232 g/mol. The van der Waals surface area contributed by atoms with E-state index in [1.807, 2.05) is 0 Å². The van der Waals surface area contributed by atoms with Gasteiger partial charge in [-0.2, -0.15) is 0 Å². The zero-order chi connectivity index (χ0) is 10.1. The van der Waals surface area contributed by atoms with Gasteiger partial charge in [0.15, 0.2) is 0 Å². The first-order valence-electron chi connectivity index (χ1n) is 4.92. The molecule has 0 spiro atoms. The molecule has 0 unspecified atom stereocenters. The summed E-state index contributed by atoms with van der Waals surface area (Å²) < 4.78 is 12.9. The number of hydrogen-bond donors (Lipinski definition) is 2. The Kier molecular flexibility index (Phi) is 3.94. The topological polar surface area (TPSA) is 46.2 Å². The zero-order valence-corrected chi connectivity index (χ0v) is 9.14. The van der Waals surface area contributed by atoms with Gasteiger partial charge >= 0.3 is 0 Å². The highest BCUT2D eigenvalue weighted by molar-refractivity contribution is 5.85. The second-order valence-corrected chi connectivity index (χ2v) is 3.92. The van der Waals surface area contributed by atoms with E-state index in [0.29, 0.717) is 11.5 Å². The Hall–Kier alpha value is -0.800. The summed E-state index contributed by atoms with van der Waals surface area (Å²) in [5.41, 5.74) is 6.48. The van der Waals surface area contributed by atoms with E-state index in [1.54, 1.807) is 0 Å². The van der Waals surface area contributed by atoms with Crippen LogP contribution >= 0.6 is 12.4 Å². The van der Waals surface area contributed by atoms with E-state index >= 15 is 0 Å². The van der Waals surface area contributed by atoms with Gasteiger partial charge in [0.2, 0.25) is 0 Å². The lowest BCUT2D eigenvalue weighted by Gasteiger charge is -2.31. The molecule has 1 aromatic carbocycles. The number of aromatic hydroxyl groups is 1. The van der Waals surface area contributed by atoms with Crippen LogP contribution in [-0.2, 0) is 0 Å². The minimum Gasteiger partial charge on any atom is -0.508 e. The summed E-state index contributed by atoms with van der Waals surface area (Å²) in [7, 11) is 0. The predicted octanol–water partition coefficient (Wildman–Crippen LogP) is 2.75. The number of hydrogen-bond acceptors (Lipinski definition) is 2. The molecule has 1 aliphatic carbocycles. The molecule has 15 heavy (non-hydrogen) atoms. The van der Waals surface area contributed by atoms with Crippen LogP contribution in [0.3, 0.4) is 0 Å². The molecule has 2 nitrogen and oxygen atoms in total. The van der Waals surface area contributed by atoms with E-state index in [-0.39, 0.29) is 30.0 Å². The lowest BCUT2D eigenvalue weighted by molar-refractivity contribution is 0.260. The minimum atomic E-state index is -0.340. The SMILES string of the molecule is Cl.N[C@H](c1cc(F)ccc1O)C1CCC1. The molecule has 0 radical (unpaired) electrons. The Morgan fingerprint density at radius 1 is 1.40 bits per heavy atom. The first kappa shape index (κ1) is 12.3. The summed E-state index contributed by atoms with van der Waals surface area (Å²) in [6, 6.07) is 3.72. The summed E-state index contributed by atoms with van der Waals surface area (Å²) in [5, 5.41) is 9.53. The molecule has 1 aliphatic rings. The molecule has 1 atom stereocenters. The van der Waals surface area contributed by atoms with Crippen molar-refractivity contribution in [2.24, 2.45) is 11.7 Å². The summed E-state index contributed by atoms with van der Waals surface area (Å²) in [6.07, 6.45) is 3.35. The monoisotopic (exact) mass is 231 g/mol. The van der Waals surface area contributed by atoms with E-state index in [1.165, 1.54) is 24.6 Å². The van der Waals surface area contributed by atoms with Crippen molar-refractivity contribution >= 4 is 12.4 Å². The number of rotatable bonds is 2. The normalized spacial score (nSPS) is 17.7. The first-order valence-corrected chi connectivity index (χ1v) is 4.92. The molecule has 0 aromatic heterocycles. The Morgan fingerprint density at radius 2 is 2.07 bits per heavy atom. The molecule has 0 amide bonds.